The van der Waals surface area contributed by atoms with Crippen LogP contribution in [0.5, 0.6) is 5.75 Å². The molecule has 2 radical (unpaired) electrons. The Morgan fingerprint density at radius 3 is 2.71 bits per heavy atom. The number of ketones is 1. The lowest BCUT2D eigenvalue weighted by Crippen LogP contribution is -2.42. The van der Waals surface area contributed by atoms with Crippen molar-refractivity contribution in [2.45, 2.75) is 13.1 Å². The summed E-state index contributed by atoms with van der Waals surface area (Å²) in [5, 5.41) is 0.561. The number of nitrogens with zero attached hydrogens (tertiary/aromatic N) is 4. The highest BCUT2D eigenvalue weighted by Crippen LogP contribution is 2.28. The second-order valence-corrected chi connectivity index (χ2v) is 7.84. The highest BCUT2D eigenvalue weighted by molar-refractivity contribution is 6.46. The number of H-pyrrole nitrogens is 1. The number of amides is 1. The SMILES string of the molecule is COc1cn[c]([Al])c2[nH]cc(C(=O)C(=O)N3CCn4c(-c5ccccc5)cnc4C3)c12. The molecule has 1 N–H and O–H groups in total. The average Bonchev–Trinajstić information content (AvgIpc) is 3.44. The minimum atomic E-state index is -0.580. The summed E-state index contributed by atoms with van der Waals surface area (Å²) in [5.41, 5.74) is 3.02. The maximum atomic E-state index is 13.1. The first-order chi connectivity index (χ1) is 15.1. The molecule has 1 aromatic carbocycles. The highest BCUT2D eigenvalue weighted by Gasteiger charge is 2.30. The Balaban J connectivity index is 1.43. The van der Waals surface area contributed by atoms with Gasteiger partial charge in [-0.25, -0.2) is 4.98 Å². The smallest absolute Gasteiger partial charge is 0.295 e. The lowest BCUT2D eigenvalue weighted by Gasteiger charge is -2.28. The number of pyridine rings is 1. The minimum absolute atomic E-state index is 0.279. The zero-order chi connectivity index (χ0) is 21.5. The van der Waals surface area contributed by atoms with E-state index >= 15 is 0 Å². The Morgan fingerprint density at radius 2 is 1.94 bits per heavy atom. The third kappa shape index (κ3) is 3.23. The Kier molecular flexibility index (Phi) is 4.85. The van der Waals surface area contributed by atoms with Crippen molar-refractivity contribution in [3.05, 3.63) is 60.3 Å². The summed E-state index contributed by atoms with van der Waals surface area (Å²) < 4.78 is 8.12. The molecule has 1 aliphatic heterocycles. The molecule has 0 saturated carbocycles. The number of ether oxygens (including phenoxy) is 1. The molecule has 152 valence electrons. The lowest BCUT2D eigenvalue weighted by atomic mass is 10.1. The van der Waals surface area contributed by atoms with Crippen LogP contribution in [0.4, 0.5) is 0 Å². The standard InChI is InChI=1S/C22H18N5O3.Al/c1-30-18-12-23-10-16-20(18)15(9-24-16)21(28)22(29)26-7-8-27-17(11-25-19(27)13-26)14-5-3-2-4-6-14;/h2-6,9,11-12,24H,7-8,13H2,1H3;. The van der Waals surface area contributed by atoms with Crippen LogP contribution in [-0.2, 0) is 17.9 Å². The summed E-state index contributed by atoms with van der Waals surface area (Å²) in [6, 6.07) is 10.0. The maximum absolute atomic E-state index is 13.1. The number of hydrogen-bond acceptors (Lipinski definition) is 5. The number of nitrogens with one attached hydrogen (secondary N) is 1. The number of imidazole rings is 1. The van der Waals surface area contributed by atoms with Crippen molar-refractivity contribution in [2.24, 2.45) is 0 Å². The topological polar surface area (TPSA) is 93.1 Å². The van der Waals surface area contributed by atoms with E-state index in [0.717, 1.165) is 17.1 Å². The fraction of sp³-hybridized carbons (Fsp3) is 0.182. The van der Waals surface area contributed by atoms with Crippen molar-refractivity contribution < 1.29 is 14.3 Å². The number of carbonyl (C=O) groups excluding carboxylic acids is 2. The number of hydrogen-bond donors (Lipinski definition) is 1. The van der Waals surface area contributed by atoms with Gasteiger partial charge in [-0.2, -0.15) is 0 Å². The van der Waals surface area contributed by atoms with Gasteiger partial charge in [0.05, 0.1) is 48.2 Å². The predicted octanol–water partition coefficient (Wildman–Crippen LogP) is 1.45. The van der Waals surface area contributed by atoms with Gasteiger partial charge in [0.2, 0.25) is 16.3 Å². The molecular weight excluding hydrogens is 409 g/mol. The molecule has 0 fully saturated rings. The van der Waals surface area contributed by atoms with Crippen LogP contribution in [0.1, 0.15) is 16.2 Å². The van der Waals surface area contributed by atoms with E-state index in [4.69, 9.17) is 4.74 Å². The van der Waals surface area contributed by atoms with Crippen molar-refractivity contribution in [3.8, 4) is 17.0 Å². The van der Waals surface area contributed by atoms with Crippen LogP contribution in [0.3, 0.4) is 0 Å². The first kappa shape index (κ1) is 19.5. The van der Waals surface area contributed by atoms with Gasteiger partial charge in [-0.1, -0.05) is 30.3 Å². The van der Waals surface area contributed by atoms with Crippen LogP contribution >= 0.6 is 0 Å². The first-order valence-electron chi connectivity index (χ1n) is 9.81. The number of fused-ring (bicyclic) bond motifs is 2. The van der Waals surface area contributed by atoms with Crippen LogP contribution in [0, 0.1) is 0 Å². The number of rotatable bonds is 4. The largest absolute Gasteiger partial charge is 0.494 e. The van der Waals surface area contributed by atoms with Gasteiger partial charge in [-0.15, -0.1) is 0 Å². The number of benzene rings is 1. The van der Waals surface area contributed by atoms with E-state index in [-0.39, 0.29) is 12.1 Å². The second-order valence-electron chi connectivity index (χ2n) is 7.30. The first-order valence-corrected chi connectivity index (χ1v) is 10.4. The molecule has 0 unspecified atom stereocenters. The van der Waals surface area contributed by atoms with Gasteiger partial charge in [-0.05, 0) is 10.1 Å². The summed E-state index contributed by atoms with van der Waals surface area (Å²) in [6.45, 7) is 1.30. The number of carbonyl (C=O) groups is 2. The van der Waals surface area contributed by atoms with Gasteiger partial charge in [0, 0.05) is 19.3 Å². The fourth-order valence-electron chi connectivity index (χ4n) is 4.00. The van der Waals surface area contributed by atoms with Gasteiger partial charge in [0.25, 0.3) is 11.7 Å². The molecule has 0 saturated heterocycles. The van der Waals surface area contributed by atoms with Crippen molar-refractivity contribution in [3.63, 3.8) is 0 Å². The third-order valence-corrected chi connectivity index (χ3v) is 6.02. The molecule has 4 aromatic rings. The number of Topliss-reactive ketones (excluding diaryl/α,β-unsaturated/α-hetero) is 1. The van der Waals surface area contributed by atoms with E-state index in [2.05, 4.69) is 35.8 Å². The monoisotopic (exact) mass is 427 g/mol. The fourth-order valence-corrected chi connectivity index (χ4v) is 4.31. The van der Waals surface area contributed by atoms with E-state index in [1.165, 1.54) is 7.11 Å². The van der Waals surface area contributed by atoms with Crippen LogP contribution in [0.15, 0.2) is 48.9 Å². The molecule has 0 atom stereocenters. The molecule has 9 heteroatoms. The Hall–Kier alpha value is -3.41. The van der Waals surface area contributed by atoms with Gasteiger partial charge in [0.15, 0.2) is 0 Å². The van der Waals surface area contributed by atoms with E-state index in [1.807, 2.05) is 36.5 Å². The molecule has 3 aromatic heterocycles. The summed E-state index contributed by atoms with van der Waals surface area (Å²) in [4.78, 5) is 39.5. The number of aromatic amines is 1. The summed E-state index contributed by atoms with van der Waals surface area (Å²) in [5.74, 6) is 0.0727. The molecule has 0 aliphatic carbocycles. The van der Waals surface area contributed by atoms with Crippen LogP contribution in [0.25, 0.3) is 22.2 Å². The summed E-state index contributed by atoms with van der Waals surface area (Å²) in [6.07, 6.45) is 4.90. The van der Waals surface area contributed by atoms with E-state index in [0.29, 0.717) is 34.3 Å². The number of methoxy groups -OCH3 is 1. The van der Waals surface area contributed by atoms with Gasteiger partial charge in [-0.3, -0.25) is 14.6 Å². The Labute approximate surface area is 186 Å². The highest BCUT2D eigenvalue weighted by atomic mass is 27.0. The molecular formula is C22H18AlN5O3. The lowest BCUT2D eigenvalue weighted by molar-refractivity contribution is -0.127. The quantitative estimate of drug-likeness (QED) is 0.302. The average molecular weight is 427 g/mol. The van der Waals surface area contributed by atoms with Crippen LogP contribution < -0.4 is 9.29 Å². The molecule has 0 spiro atoms. The van der Waals surface area contributed by atoms with Crippen molar-refractivity contribution in [1.29, 1.82) is 0 Å². The molecule has 31 heavy (non-hydrogen) atoms. The zero-order valence-corrected chi connectivity index (χ0v) is 18.0. The Bertz CT molecular complexity index is 1310. The number of aromatic nitrogens is 4. The van der Waals surface area contributed by atoms with Crippen LogP contribution in [-0.4, -0.2) is 66.1 Å². The summed E-state index contributed by atoms with van der Waals surface area (Å²) in [7, 11) is 1.51. The zero-order valence-electron chi connectivity index (χ0n) is 16.8. The molecule has 1 amide bonds. The van der Waals surface area contributed by atoms with Gasteiger partial charge >= 0.3 is 0 Å². The van der Waals surface area contributed by atoms with Gasteiger partial charge in [0.1, 0.15) is 11.6 Å². The second kappa shape index (κ2) is 7.69. The van der Waals surface area contributed by atoms with Crippen molar-refractivity contribution in [1.82, 2.24) is 24.4 Å². The molecule has 0 bridgehead atoms. The summed E-state index contributed by atoms with van der Waals surface area (Å²) >= 11 is 2.51. The van der Waals surface area contributed by atoms with E-state index in [9.17, 15) is 9.59 Å². The predicted molar refractivity (Wildman–Crippen MR) is 115 cm³/mol. The normalized spacial score (nSPS) is 13.3. The molecule has 4 heterocycles. The van der Waals surface area contributed by atoms with E-state index in [1.54, 1.807) is 17.3 Å². The van der Waals surface area contributed by atoms with Crippen LogP contribution in [0.2, 0.25) is 0 Å². The molecule has 8 nitrogen and oxygen atoms in total. The third-order valence-electron chi connectivity index (χ3n) is 5.58. The van der Waals surface area contributed by atoms with Crippen molar-refractivity contribution >= 4 is 43.4 Å². The molecule has 1 aliphatic rings. The van der Waals surface area contributed by atoms with E-state index < -0.39 is 11.7 Å². The Morgan fingerprint density at radius 1 is 1.13 bits per heavy atom. The molecule has 5 rings (SSSR count). The van der Waals surface area contributed by atoms with Crippen molar-refractivity contribution in [2.75, 3.05) is 13.7 Å². The minimum Gasteiger partial charge on any atom is -0.494 e. The van der Waals surface area contributed by atoms with Gasteiger partial charge < -0.3 is 19.2 Å². The maximum Gasteiger partial charge on any atom is 0.295 e.